The van der Waals surface area contributed by atoms with Gasteiger partial charge in [-0.1, -0.05) is 17.7 Å². The predicted molar refractivity (Wildman–Crippen MR) is 114 cm³/mol. The molecule has 2 amide bonds. The van der Waals surface area contributed by atoms with Crippen molar-refractivity contribution in [2.75, 3.05) is 26.0 Å². The van der Waals surface area contributed by atoms with E-state index in [2.05, 4.69) is 5.32 Å². The molecule has 1 aromatic heterocycles. The molecule has 1 N–H and O–H groups in total. The average Bonchev–Trinajstić information content (AvgIpc) is 3.00. The zero-order valence-electron chi connectivity index (χ0n) is 17.7. The van der Waals surface area contributed by atoms with Crippen molar-refractivity contribution in [3.63, 3.8) is 0 Å². The molecule has 0 aliphatic heterocycles. The van der Waals surface area contributed by atoms with Crippen molar-refractivity contribution in [3.05, 3.63) is 58.3 Å². The Balaban J connectivity index is 1.76. The zero-order chi connectivity index (χ0) is 21.3. The normalized spacial score (nSPS) is 10.8. The summed E-state index contributed by atoms with van der Waals surface area (Å²) in [6.45, 7) is 7.67. The second kappa shape index (κ2) is 7.99. The molecule has 29 heavy (non-hydrogen) atoms. The van der Waals surface area contributed by atoms with Crippen molar-refractivity contribution >= 4 is 28.5 Å². The highest BCUT2D eigenvalue weighted by molar-refractivity contribution is 6.02. The molecule has 0 atom stereocenters. The Bertz CT molecular complexity index is 1070. The van der Waals surface area contributed by atoms with E-state index < -0.39 is 0 Å². The first-order valence-corrected chi connectivity index (χ1v) is 9.41. The molecule has 3 aromatic rings. The van der Waals surface area contributed by atoms with Crippen LogP contribution in [0.15, 0.2) is 34.7 Å². The number of hydrogen-bond acceptors (Lipinski definition) is 4. The summed E-state index contributed by atoms with van der Waals surface area (Å²) in [5, 5.41) is 3.74. The number of likely N-dealkylation sites (N-methyl/N-ethyl adjacent to an activating group) is 1. The summed E-state index contributed by atoms with van der Waals surface area (Å²) < 4.78 is 11.0. The Morgan fingerprint density at radius 2 is 1.72 bits per heavy atom. The molecule has 1 heterocycles. The number of benzene rings is 2. The average molecular weight is 394 g/mol. The molecule has 0 unspecified atom stereocenters. The number of carbonyl (C=O) groups excluding carboxylic acids is 2. The largest absolute Gasteiger partial charge is 0.497 e. The molecule has 6 heteroatoms. The molecule has 0 fully saturated rings. The lowest BCUT2D eigenvalue weighted by Gasteiger charge is -2.18. The van der Waals surface area contributed by atoms with Crippen molar-refractivity contribution in [2.24, 2.45) is 0 Å². The number of amides is 2. The fourth-order valence-corrected chi connectivity index (χ4v) is 3.55. The molecular formula is C23H26N2O4. The van der Waals surface area contributed by atoms with Crippen LogP contribution in [-0.4, -0.2) is 37.4 Å². The van der Waals surface area contributed by atoms with Gasteiger partial charge in [-0.3, -0.25) is 9.59 Å². The van der Waals surface area contributed by atoms with Gasteiger partial charge in [-0.25, -0.2) is 0 Å². The molecule has 0 saturated heterocycles. The van der Waals surface area contributed by atoms with Crippen LogP contribution in [0.1, 0.15) is 32.8 Å². The number of ether oxygens (including phenoxy) is 1. The SMILES string of the molecule is COc1ccc2oc(C(=O)N(C)CC(=O)Nc3c(C)cc(C)cc3C)c(C)c2c1. The number of carbonyl (C=O) groups is 2. The summed E-state index contributed by atoms with van der Waals surface area (Å²) in [6, 6.07) is 9.42. The first-order chi connectivity index (χ1) is 13.7. The van der Waals surface area contributed by atoms with Gasteiger partial charge >= 0.3 is 0 Å². The van der Waals surface area contributed by atoms with Gasteiger partial charge in [0.2, 0.25) is 5.91 Å². The summed E-state index contributed by atoms with van der Waals surface area (Å²) >= 11 is 0. The van der Waals surface area contributed by atoms with Gasteiger partial charge in [-0.2, -0.15) is 0 Å². The Hall–Kier alpha value is -3.28. The summed E-state index contributed by atoms with van der Waals surface area (Å²) in [4.78, 5) is 26.8. The molecular weight excluding hydrogens is 368 g/mol. The quantitative estimate of drug-likeness (QED) is 0.697. The predicted octanol–water partition coefficient (Wildman–Crippen LogP) is 4.39. The van der Waals surface area contributed by atoms with E-state index in [1.165, 1.54) is 4.90 Å². The van der Waals surface area contributed by atoms with Crippen molar-refractivity contribution in [1.29, 1.82) is 0 Å². The molecule has 0 saturated carbocycles. The topological polar surface area (TPSA) is 71.8 Å². The van der Waals surface area contributed by atoms with E-state index in [1.807, 2.05) is 45.9 Å². The summed E-state index contributed by atoms with van der Waals surface area (Å²) in [5.41, 5.74) is 5.24. The highest BCUT2D eigenvalue weighted by Gasteiger charge is 2.23. The molecule has 152 valence electrons. The minimum absolute atomic E-state index is 0.0780. The first kappa shape index (κ1) is 20.5. The van der Waals surface area contributed by atoms with E-state index in [-0.39, 0.29) is 24.1 Å². The maximum Gasteiger partial charge on any atom is 0.290 e. The van der Waals surface area contributed by atoms with Crippen molar-refractivity contribution in [3.8, 4) is 5.75 Å². The van der Waals surface area contributed by atoms with Gasteiger partial charge in [0.05, 0.1) is 13.7 Å². The molecule has 0 radical (unpaired) electrons. The lowest BCUT2D eigenvalue weighted by molar-refractivity contribution is -0.116. The van der Waals surface area contributed by atoms with Crippen LogP contribution in [0.2, 0.25) is 0 Å². The fraction of sp³-hybridized carbons (Fsp3) is 0.304. The number of anilines is 1. The number of nitrogens with one attached hydrogen (secondary N) is 1. The molecule has 3 rings (SSSR count). The Morgan fingerprint density at radius 3 is 2.34 bits per heavy atom. The second-order valence-electron chi connectivity index (χ2n) is 7.40. The van der Waals surface area contributed by atoms with Crippen LogP contribution in [-0.2, 0) is 4.79 Å². The molecule has 0 spiro atoms. The van der Waals surface area contributed by atoms with Gasteiger partial charge < -0.3 is 19.4 Å². The number of fused-ring (bicyclic) bond motifs is 1. The minimum Gasteiger partial charge on any atom is -0.497 e. The Morgan fingerprint density at radius 1 is 1.07 bits per heavy atom. The van der Waals surface area contributed by atoms with Crippen LogP contribution in [0.3, 0.4) is 0 Å². The van der Waals surface area contributed by atoms with Gasteiger partial charge in [-0.15, -0.1) is 0 Å². The Kier molecular flexibility index (Phi) is 5.64. The molecule has 6 nitrogen and oxygen atoms in total. The van der Waals surface area contributed by atoms with E-state index in [0.29, 0.717) is 11.3 Å². The lowest BCUT2D eigenvalue weighted by atomic mass is 10.1. The molecule has 0 bridgehead atoms. The molecule has 0 aliphatic rings. The van der Waals surface area contributed by atoms with Gasteiger partial charge in [0.25, 0.3) is 5.91 Å². The smallest absolute Gasteiger partial charge is 0.290 e. The van der Waals surface area contributed by atoms with Gasteiger partial charge in [0.15, 0.2) is 5.76 Å². The number of aryl methyl sites for hydroxylation is 4. The van der Waals surface area contributed by atoms with Crippen LogP contribution >= 0.6 is 0 Å². The monoisotopic (exact) mass is 394 g/mol. The summed E-state index contributed by atoms with van der Waals surface area (Å²) in [6.07, 6.45) is 0. The van der Waals surface area contributed by atoms with Crippen molar-refractivity contribution < 1.29 is 18.7 Å². The Labute approximate surface area is 170 Å². The fourth-order valence-electron chi connectivity index (χ4n) is 3.55. The number of furan rings is 1. The zero-order valence-corrected chi connectivity index (χ0v) is 17.7. The van der Waals surface area contributed by atoms with E-state index >= 15 is 0 Å². The third-order valence-corrected chi connectivity index (χ3v) is 5.01. The number of nitrogens with zero attached hydrogens (tertiary/aromatic N) is 1. The molecule has 2 aromatic carbocycles. The van der Waals surface area contributed by atoms with Gasteiger partial charge in [0, 0.05) is 23.7 Å². The van der Waals surface area contributed by atoms with Crippen LogP contribution in [0.5, 0.6) is 5.75 Å². The second-order valence-corrected chi connectivity index (χ2v) is 7.40. The molecule has 0 aliphatic carbocycles. The third kappa shape index (κ3) is 4.11. The lowest BCUT2D eigenvalue weighted by Crippen LogP contribution is -2.35. The van der Waals surface area contributed by atoms with Crippen LogP contribution in [0, 0.1) is 27.7 Å². The first-order valence-electron chi connectivity index (χ1n) is 9.41. The number of hydrogen-bond donors (Lipinski definition) is 1. The summed E-state index contributed by atoms with van der Waals surface area (Å²) in [7, 11) is 3.18. The van der Waals surface area contributed by atoms with Crippen molar-refractivity contribution in [1.82, 2.24) is 4.90 Å². The van der Waals surface area contributed by atoms with E-state index in [4.69, 9.17) is 9.15 Å². The number of rotatable bonds is 5. The standard InChI is InChI=1S/C23H26N2O4/c1-13-9-14(2)21(15(3)10-13)24-20(26)12-25(5)23(27)22-16(4)18-11-17(28-6)7-8-19(18)29-22/h7-11H,12H2,1-6H3,(H,24,26). The van der Waals surface area contributed by atoms with E-state index in [1.54, 1.807) is 26.3 Å². The van der Waals surface area contributed by atoms with Gasteiger partial charge in [-0.05, 0) is 57.0 Å². The van der Waals surface area contributed by atoms with Gasteiger partial charge in [0.1, 0.15) is 11.3 Å². The van der Waals surface area contributed by atoms with Crippen LogP contribution in [0.4, 0.5) is 5.69 Å². The third-order valence-electron chi connectivity index (χ3n) is 5.01. The highest BCUT2D eigenvalue weighted by Crippen LogP contribution is 2.29. The highest BCUT2D eigenvalue weighted by atomic mass is 16.5. The van der Waals surface area contributed by atoms with Crippen LogP contribution < -0.4 is 10.1 Å². The van der Waals surface area contributed by atoms with Crippen molar-refractivity contribution in [2.45, 2.75) is 27.7 Å². The number of methoxy groups -OCH3 is 1. The maximum absolute atomic E-state index is 12.9. The van der Waals surface area contributed by atoms with E-state index in [0.717, 1.165) is 33.3 Å². The van der Waals surface area contributed by atoms with E-state index in [9.17, 15) is 9.59 Å². The van der Waals surface area contributed by atoms with Crippen LogP contribution in [0.25, 0.3) is 11.0 Å². The summed E-state index contributed by atoms with van der Waals surface area (Å²) in [5.74, 6) is 0.319. The minimum atomic E-state index is -0.342. The maximum atomic E-state index is 12.9.